The number of nitrogens with zero attached hydrogens (tertiary/aromatic N) is 3. The van der Waals surface area contributed by atoms with Crippen LogP contribution in [0.4, 0.5) is 16.3 Å². The Hall–Kier alpha value is -2.90. The molecule has 1 aliphatic heterocycles. The maximum Gasteiger partial charge on any atom is 0.319 e. The molecule has 1 fully saturated rings. The first kappa shape index (κ1) is 25.2. The lowest BCUT2D eigenvalue weighted by atomic mass is 10.1. The third-order valence-corrected chi connectivity index (χ3v) is 7.29. The van der Waals surface area contributed by atoms with Crippen molar-refractivity contribution in [2.45, 2.75) is 64.7 Å². The van der Waals surface area contributed by atoms with Crippen LogP contribution < -0.4 is 26.0 Å². The van der Waals surface area contributed by atoms with E-state index in [2.05, 4.69) is 40.1 Å². The van der Waals surface area contributed by atoms with Crippen molar-refractivity contribution in [2.24, 2.45) is 0 Å². The molecular formula is C25H36N7O2P. The van der Waals surface area contributed by atoms with Gasteiger partial charge in [0.25, 0.3) is 0 Å². The van der Waals surface area contributed by atoms with Crippen molar-refractivity contribution in [3.63, 3.8) is 0 Å². The minimum Gasteiger partial charge on any atom is -0.456 e. The van der Waals surface area contributed by atoms with Crippen LogP contribution in [-0.4, -0.2) is 51.4 Å². The van der Waals surface area contributed by atoms with Gasteiger partial charge in [0, 0.05) is 45.3 Å². The Balaban J connectivity index is 1.59. The number of piperidine rings is 1. The quantitative estimate of drug-likeness (QED) is 0.305. The minimum atomic E-state index is -0.230. The van der Waals surface area contributed by atoms with E-state index in [0.29, 0.717) is 37.6 Å². The highest BCUT2D eigenvalue weighted by atomic mass is 31.1. The molecule has 0 saturated carbocycles. The second-order valence-electron chi connectivity index (χ2n) is 9.27. The summed E-state index contributed by atoms with van der Waals surface area (Å²) in [5.74, 6) is 2.20. The summed E-state index contributed by atoms with van der Waals surface area (Å²) >= 11 is 0. The van der Waals surface area contributed by atoms with E-state index < -0.39 is 0 Å². The third kappa shape index (κ3) is 6.61. The molecule has 3 atom stereocenters. The van der Waals surface area contributed by atoms with Crippen LogP contribution in [-0.2, 0) is 0 Å². The van der Waals surface area contributed by atoms with Gasteiger partial charge in [0.2, 0.25) is 0 Å². The Bertz CT molecular complexity index is 1130. The van der Waals surface area contributed by atoms with Crippen molar-refractivity contribution in [1.82, 2.24) is 25.2 Å². The predicted octanol–water partition coefficient (Wildman–Crippen LogP) is 5.16. The molecule has 35 heavy (non-hydrogen) atoms. The molecule has 3 heterocycles. The molecule has 188 valence electrons. The fraction of sp³-hybridized carbons (Fsp3) is 0.480. The molecule has 0 aliphatic carbocycles. The third-order valence-electron chi connectivity index (χ3n) is 5.88. The van der Waals surface area contributed by atoms with Gasteiger partial charge < -0.3 is 26.0 Å². The summed E-state index contributed by atoms with van der Waals surface area (Å²) in [5.41, 5.74) is 2.04. The van der Waals surface area contributed by atoms with Crippen LogP contribution in [0.3, 0.4) is 0 Å². The van der Waals surface area contributed by atoms with Crippen LogP contribution in [0.2, 0.25) is 0 Å². The number of rotatable bonds is 9. The Morgan fingerprint density at radius 2 is 2.06 bits per heavy atom. The predicted molar refractivity (Wildman–Crippen MR) is 144 cm³/mol. The lowest BCUT2D eigenvalue weighted by Gasteiger charge is -2.24. The lowest BCUT2D eigenvalue weighted by Crippen LogP contribution is -2.38. The number of anilines is 2. The average Bonchev–Trinajstić information content (AvgIpc) is 3.18. The number of benzene rings is 1. The molecule has 10 heteroatoms. The van der Waals surface area contributed by atoms with Gasteiger partial charge in [0.1, 0.15) is 16.9 Å². The Morgan fingerprint density at radius 1 is 1.26 bits per heavy atom. The van der Waals surface area contributed by atoms with Gasteiger partial charge >= 0.3 is 6.03 Å². The van der Waals surface area contributed by atoms with E-state index in [1.54, 1.807) is 6.20 Å². The monoisotopic (exact) mass is 497 g/mol. The maximum absolute atomic E-state index is 12.0. The molecule has 0 spiro atoms. The van der Waals surface area contributed by atoms with E-state index in [4.69, 9.17) is 9.84 Å². The van der Waals surface area contributed by atoms with Crippen LogP contribution in [0.1, 0.15) is 47.0 Å². The molecule has 2 amide bonds. The van der Waals surface area contributed by atoms with Gasteiger partial charge in [-0.05, 0) is 69.6 Å². The van der Waals surface area contributed by atoms with Gasteiger partial charge in [0.05, 0.1) is 0 Å². The lowest BCUT2D eigenvalue weighted by molar-refractivity contribution is 0.250. The first-order chi connectivity index (χ1) is 16.9. The number of nitrogens with one attached hydrogen (secondary N) is 4. The summed E-state index contributed by atoms with van der Waals surface area (Å²) in [7, 11) is 0.509. The zero-order chi connectivity index (χ0) is 24.8. The smallest absolute Gasteiger partial charge is 0.319 e. The zero-order valence-electron chi connectivity index (χ0n) is 20.9. The van der Waals surface area contributed by atoms with E-state index in [1.807, 2.05) is 48.6 Å². The van der Waals surface area contributed by atoms with Gasteiger partial charge in [-0.3, -0.25) is 0 Å². The first-order valence-electron chi connectivity index (χ1n) is 12.4. The van der Waals surface area contributed by atoms with Gasteiger partial charge in [0.15, 0.2) is 11.5 Å². The first-order valence-corrected chi connectivity index (χ1v) is 13.4. The van der Waals surface area contributed by atoms with Gasteiger partial charge in [-0.25, -0.2) is 14.2 Å². The van der Waals surface area contributed by atoms with Crippen molar-refractivity contribution in [3.05, 3.63) is 36.5 Å². The Kier molecular flexibility index (Phi) is 8.42. The highest BCUT2D eigenvalue weighted by molar-refractivity contribution is 7.37. The number of ether oxygens (including phenoxy) is 1. The zero-order valence-corrected chi connectivity index (χ0v) is 21.9. The van der Waals surface area contributed by atoms with Crippen LogP contribution in [0, 0.1) is 0 Å². The summed E-state index contributed by atoms with van der Waals surface area (Å²) in [6.45, 7) is 10.3. The van der Waals surface area contributed by atoms with Crippen molar-refractivity contribution < 1.29 is 9.53 Å². The molecule has 4 rings (SSSR count). The summed E-state index contributed by atoms with van der Waals surface area (Å²) in [5, 5.41) is 18.6. The molecule has 1 aliphatic rings. The standard InChI is InChI=1S/C25H36N7O2P/c1-5-17(4)35-32-24-22(23(31-32)29-19-7-6-13-26-15-19)21(12-14-27-24)34-20-10-8-18(9-11-20)30-25(33)28-16(2)3/h8-12,14,16-17,19,26,35H,5-7,13,15H2,1-4H3,(H,29,31)(H2,28,30,33)/t17?,19-/m1/s1. The molecule has 2 aromatic heterocycles. The topological polar surface area (TPSA) is 105 Å². The molecule has 9 nitrogen and oxygen atoms in total. The van der Waals surface area contributed by atoms with E-state index in [-0.39, 0.29) is 12.1 Å². The van der Waals surface area contributed by atoms with E-state index >= 15 is 0 Å². The summed E-state index contributed by atoms with van der Waals surface area (Å²) in [4.78, 5) is 16.6. The number of pyridine rings is 1. The van der Waals surface area contributed by atoms with Crippen LogP contribution in [0.5, 0.6) is 11.5 Å². The Morgan fingerprint density at radius 3 is 2.74 bits per heavy atom. The second-order valence-corrected chi connectivity index (χ2v) is 10.9. The van der Waals surface area contributed by atoms with E-state index in [9.17, 15) is 4.79 Å². The SMILES string of the molecule is CCC(C)Pn1nc(N[C@@H]2CCCNC2)c2c(Oc3ccc(NC(=O)NC(C)C)cc3)ccnc21. The van der Waals surface area contributed by atoms with Gasteiger partial charge in [-0.2, -0.15) is 0 Å². The number of carbonyl (C=O) groups is 1. The normalized spacial score (nSPS) is 17.1. The molecule has 0 bridgehead atoms. The van der Waals surface area contributed by atoms with Crippen molar-refractivity contribution in [3.8, 4) is 11.5 Å². The van der Waals surface area contributed by atoms with Crippen molar-refractivity contribution in [1.29, 1.82) is 0 Å². The number of urea groups is 1. The fourth-order valence-corrected chi connectivity index (χ4v) is 4.97. The van der Waals surface area contributed by atoms with E-state index in [1.165, 1.54) is 0 Å². The maximum atomic E-state index is 12.0. The molecule has 0 radical (unpaired) electrons. The van der Waals surface area contributed by atoms with E-state index in [0.717, 1.165) is 49.2 Å². The van der Waals surface area contributed by atoms with Gasteiger partial charge in [-0.1, -0.05) is 13.8 Å². The molecule has 1 aromatic carbocycles. The fourth-order valence-electron chi connectivity index (χ4n) is 3.92. The van der Waals surface area contributed by atoms with Crippen molar-refractivity contribution in [2.75, 3.05) is 23.7 Å². The summed E-state index contributed by atoms with van der Waals surface area (Å²) < 4.78 is 8.34. The molecule has 4 N–H and O–H groups in total. The molecular weight excluding hydrogens is 461 g/mol. The van der Waals surface area contributed by atoms with Crippen molar-refractivity contribution >= 4 is 37.3 Å². The number of fused-ring (bicyclic) bond motifs is 1. The summed E-state index contributed by atoms with van der Waals surface area (Å²) in [6, 6.07) is 9.39. The largest absolute Gasteiger partial charge is 0.456 e. The van der Waals surface area contributed by atoms with Crippen LogP contribution in [0.15, 0.2) is 36.5 Å². The van der Waals surface area contributed by atoms with Gasteiger partial charge in [-0.15, -0.1) is 5.10 Å². The summed E-state index contributed by atoms with van der Waals surface area (Å²) in [6.07, 6.45) is 5.10. The highest BCUT2D eigenvalue weighted by Crippen LogP contribution is 2.38. The average molecular weight is 498 g/mol. The number of hydrogen-bond donors (Lipinski definition) is 4. The van der Waals surface area contributed by atoms with Crippen LogP contribution in [0.25, 0.3) is 11.0 Å². The molecule has 2 unspecified atom stereocenters. The number of amides is 2. The second kappa shape index (κ2) is 11.7. The molecule has 1 saturated heterocycles. The minimum absolute atomic E-state index is 0.0701. The highest BCUT2D eigenvalue weighted by Gasteiger charge is 2.21. The number of hydrogen-bond acceptors (Lipinski definition) is 6. The molecule has 3 aromatic rings. The van der Waals surface area contributed by atoms with Crippen LogP contribution >= 0.6 is 8.73 Å². The number of aromatic nitrogens is 3. The Labute approximate surface area is 208 Å². The number of carbonyl (C=O) groups excluding carboxylic acids is 1.